The van der Waals surface area contributed by atoms with Gasteiger partial charge in [-0.05, 0) is 88.4 Å². The molecule has 0 amide bonds. The molecule has 0 bridgehead atoms. The minimum Gasteiger partial charge on any atom is -0.453 e. The number of benzene rings is 4. The topological polar surface area (TPSA) is 85.3 Å². The van der Waals surface area contributed by atoms with Crippen LogP contribution in [0.4, 0.5) is 11.4 Å². The molecule has 0 saturated carbocycles. The molecule has 230 valence electrons. The van der Waals surface area contributed by atoms with Crippen molar-refractivity contribution in [2.24, 2.45) is 10.6 Å². The van der Waals surface area contributed by atoms with E-state index in [9.17, 15) is 14.4 Å². The van der Waals surface area contributed by atoms with E-state index in [0.29, 0.717) is 45.5 Å². The van der Waals surface area contributed by atoms with E-state index in [4.69, 9.17) is 21.2 Å². The molecule has 0 aromatic heterocycles. The molecule has 0 unspecified atom stereocenters. The second kappa shape index (κ2) is 13.7. The first-order chi connectivity index (χ1) is 21.5. The highest BCUT2D eigenvalue weighted by Crippen LogP contribution is 2.47. The summed E-state index contributed by atoms with van der Waals surface area (Å²) in [6, 6.07) is 27.1. The molecule has 1 aliphatic rings. The number of halogens is 1. The Morgan fingerprint density at radius 1 is 0.844 bits per heavy atom. The molecule has 1 heterocycles. The summed E-state index contributed by atoms with van der Waals surface area (Å²) in [6.45, 7) is 7.83. The summed E-state index contributed by atoms with van der Waals surface area (Å²) in [4.78, 5) is 47.7. The number of hydrogen-bond donors (Lipinski definition) is 0. The van der Waals surface area contributed by atoms with Gasteiger partial charge in [-0.1, -0.05) is 47.1 Å². The van der Waals surface area contributed by atoms with Gasteiger partial charge in [-0.3, -0.25) is 9.59 Å². The Labute approximate surface area is 272 Å². The lowest BCUT2D eigenvalue weighted by Gasteiger charge is -2.32. The molecule has 9 heteroatoms. The van der Waals surface area contributed by atoms with Crippen molar-refractivity contribution in [2.75, 3.05) is 17.2 Å². The number of fused-ring (bicyclic) bond motifs is 2. The third kappa shape index (κ3) is 7.47. The van der Waals surface area contributed by atoms with Gasteiger partial charge in [-0.15, -0.1) is 11.8 Å². The van der Waals surface area contributed by atoms with Crippen LogP contribution in [-0.2, 0) is 9.63 Å². The molecule has 7 nitrogen and oxygen atoms in total. The zero-order valence-electron chi connectivity index (χ0n) is 25.5. The first-order valence-corrected chi connectivity index (χ1v) is 16.0. The Bertz CT molecular complexity index is 1760. The van der Waals surface area contributed by atoms with Crippen molar-refractivity contribution in [1.82, 2.24) is 0 Å². The van der Waals surface area contributed by atoms with Gasteiger partial charge < -0.3 is 14.5 Å². The van der Waals surface area contributed by atoms with E-state index in [1.165, 1.54) is 11.8 Å². The number of carbonyl (C=O) groups is 3. The fraction of sp³-hybridized carbons (Fsp3) is 0.222. The first-order valence-electron chi connectivity index (χ1n) is 14.6. The normalized spacial score (nSPS) is 12.6. The Morgan fingerprint density at radius 3 is 2.09 bits per heavy atom. The van der Waals surface area contributed by atoms with Crippen molar-refractivity contribution in [3.05, 3.63) is 113 Å². The molecule has 0 N–H and O–H groups in total. The van der Waals surface area contributed by atoms with Crippen LogP contribution in [0.5, 0.6) is 11.5 Å². The molecule has 0 fully saturated rings. The highest BCUT2D eigenvalue weighted by Gasteiger charge is 2.28. The van der Waals surface area contributed by atoms with Gasteiger partial charge in [-0.25, -0.2) is 4.79 Å². The molecule has 4 aromatic carbocycles. The van der Waals surface area contributed by atoms with E-state index in [1.807, 2.05) is 49.4 Å². The number of carbonyl (C=O) groups excluding carboxylic acids is 3. The number of oxime groups is 1. The summed E-state index contributed by atoms with van der Waals surface area (Å²) in [5.41, 5.74) is 2.37. The quantitative estimate of drug-likeness (QED) is 0.0562. The zero-order chi connectivity index (χ0) is 32.1. The van der Waals surface area contributed by atoms with Crippen molar-refractivity contribution in [3.63, 3.8) is 0 Å². The molecule has 1 aliphatic heterocycles. The van der Waals surface area contributed by atoms with Gasteiger partial charge in [0.25, 0.3) is 0 Å². The second-order valence-corrected chi connectivity index (χ2v) is 13.1. The number of ketones is 2. The van der Waals surface area contributed by atoms with Crippen LogP contribution in [0.25, 0.3) is 0 Å². The van der Waals surface area contributed by atoms with Crippen LogP contribution in [0.15, 0.2) is 101 Å². The van der Waals surface area contributed by atoms with Gasteiger partial charge >= 0.3 is 5.97 Å². The minimum absolute atomic E-state index is 0.109. The Hall–Kier alpha value is -4.40. The maximum atomic E-state index is 13.8. The molecule has 0 saturated heterocycles. The fourth-order valence-corrected chi connectivity index (χ4v) is 5.65. The van der Waals surface area contributed by atoms with Crippen LogP contribution in [0.1, 0.15) is 60.4 Å². The molecule has 45 heavy (non-hydrogen) atoms. The highest BCUT2D eigenvalue weighted by atomic mass is 35.5. The van der Waals surface area contributed by atoms with Gasteiger partial charge in [0.15, 0.2) is 17.3 Å². The Balaban J connectivity index is 1.41. The van der Waals surface area contributed by atoms with Crippen molar-refractivity contribution >= 4 is 58.0 Å². The molecule has 0 aliphatic carbocycles. The molecular weight excluding hydrogens is 608 g/mol. The second-order valence-electron chi connectivity index (χ2n) is 11.5. The lowest BCUT2D eigenvalue weighted by Crippen LogP contribution is -2.24. The number of hydrogen-bond acceptors (Lipinski definition) is 8. The van der Waals surface area contributed by atoms with Crippen LogP contribution < -0.4 is 9.64 Å². The SMILES string of the molecule is CCN1c2ccc(C(=O)C(CCSc3ccc(Cl)cc3)=NOC(=O)C(C)(C)C)cc2Oc2cc(C(=O)c3ccccc3)ccc21. The summed E-state index contributed by atoms with van der Waals surface area (Å²) < 4.78 is 6.31. The highest BCUT2D eigenvalue weighted by molar-refractivity contribution is 7.99. The maximum Gasteiger partial charge on any atom is 0.340 e. The van der Waals surface area contributed by atoms with E-state index < -0.39 is 11.4 Å². The van der Waals surface area contributed by atoms with Gasteiger partial charge in [0.05, 0.1) is 16.8 Å². The lowest BCUT2D eigenvalue weighted by atomic mass is 9.98. The number of rotatable bonds is 10. The first kappa shape index (κ1) is 32.0. The van der Waals surface area contributed by atoms with Gasteiger partial charge in [0, 0.05) is 45.3 Å². The third-order valence-electron chi connectivity index (χ3n) is 7.13. The van der Waals surface area contributed by atoms with Gasteiger partial charge in [0.1, 0.15) is 5.71 Å². The molecule has 0 radical (unpaired) electrons. The van der Waals surface area contributed by atoms with Crippen LogP contribution >= 0.6 is 23.4 Å². The van der Waals surface area contributed by atoms with Crippen molar-refractivity contribution in [3.8, 4) is 11.5 Å². The Morgan fingerprint density at radius 2 is 1.47 bits per heavy atom. The van der Waals surface area contributed by atoms with E-state index >= 15 is 0 Å². The molecule has 0 atom stereocenters. The van der Waals surface area contributed by atoms with E-state index in [0.717, 1.165) is 16.3 Å². The van der Waals surface area contributed by atoms with E-state index in [2.05, 4.69) is 10.1 Å². The summed E-state index contributed by atoms with van der Waals surface area (Å²) in [5.74, 6) is 0.492. The average molecular weight is 641 g/mol. The van der Waals surface area contributed by atoms with Crippen LogP contribution in [0.3, 0.4) is 0 Å². The number of nitrogens with zero attached hydrogens (tertiary/aromatic N) is 2. The van der Waals surface area contributed by atoms with Gasteiger partial charge in [0.2, 0.25) is 5.78 Å². The van der Waals surface area contributed by atoms with Crippen LogP contribution in [-0.4, -0.2) is 35.5 Å². The van der Waals surface area contributed by atoms with E-state index in [1.54, 1.807) is 69.3 Å². The third-order valence-corrected chi connectivity index (χ3v) is 8.40. The van der Waals surface area contributed by atoms with E-state index in [-0.39, 0.29) is 23.7 Å². The number of anilines is 2. The standard InChI is InChI=1S/C36H33ClN2O5S/c1-5-39-29-17-11-24(33(40)23-9-7-6-8-10-23)21-31(29)43-32-22-25(12-18-30(32)39)34(41)28(38-44-35(42)36(2,3)4)19-20-45-27-15-13-26(37)14-16-27/h6-18,21-22H,5,19-20H2,1-4H3. The maximum absolute atomic E-state index is 13.8. The predicted octanol–water partition coefficient (Wildman–Crippen LogP) is 9.15. The number of ether oxygens (including phenoxy) is 1. The summed E-state index contributed by atoms with van der Waals surface area (Å²) in [7, 11) is 0. The van der Waals surface area contributed by atoms with Crippen molar-refractivity contribution in [2.45, 2.75) is 39.0 Å². The smallest absolute Gasteiger partial charge is 0.340 e. The largest absolute Gasteiger partial charge is 0.453 e. The van der Waals surface area contributed by atoms with Crippen LogP contribution in [0.2, 0.25) is 5.02 Å². The molecule has 5 rings (SSSR count). The Kier molecular flexibility index (Phi) is 9.75. The minimum atomic E-state index is -0.785. The molecular formula is C36H33ClN2O5S. The van der Waals surface area contributed by atoms with Crippen molar-refractivity contribution < 1.29 is 24.0 Å². The summed E-state index contributed by atoms with van der Waals surface area (Å²) >= 11 is 7.55. The fourth-order valence-electron chi connectivity index (χ4n) is 4.66. The van der Waals surface area contributed by atoms with Gasteiger partial charge in [-0.2, -0.15) is 0 Å². The van der Waals surface area contributed by atoms with Crippen molar-refractivity contribution in [1.29, 1.82) is 0 Å². The average Bonchev–Trinajstić information content (AvgIpc) is 3.04. The lowest BCUT2D eigenvalue weighted by molar-refractivity contribution is -0.152. The number of thioether (sulfide) groups is 1. The summed E-state index contributed by atoms with van der Waals surface area (Å²) in [6.07, 6.45) is 0.260. The predicted molar refractivity (Wildman–Crippen MR) is 180 cm³/mol. The summed E-state index contributed by atoms with van der Waals surface area (Å²) in [5, 5.41) is 4.69. The molecule has 4 aromatic rings. The van der Waals surface area contributed by atoms with Crippen LogP contribution in [0, 0.1) is 5.41 Å². The zero-order valence-corrected chi connectivity index (χ0v) is 27.1. The number of Topliss-reactive ketones (excluding diaryl/α,β-unsaturated/α-hetero) is 1. The molecule has 0 spiro atoms. The monoisotopic (exact) mass is 640 g/mol.